The maximum atomic E-state index is 11.7. The molecule has 0 saturated heterocycles. The number of nitrogens with one attached hydrogen (secondary N) is 2. The van der Waals surface area contributed by atoms with Crippen molar-refractivity contribution >= 4 is 17.6 Å². The fraction of sp³-hybridized carbons (Fsp3) is 0.632. The summed E-state index contributed by atoms with van der Waals surface area (Å²) in [5.41, 5.74) is 9.06. The Bertz CT molecular complexity index is 559. The van der Waals surface area contributed by atoms with Crippen molar-refractivity contribution in [2.45, 2.75) is 25.7 Å². The minimum atomic E-state index is -0.143. The number of guanidine groups is 1. The fourth-order valence-corrected chi connectivity index (χ4v) is 2.14. The molecule has 0 fully saturated rings. The molecule has 10 heteroatoms. The number of anilines is 1. The fourth-order valence-electron chi connectivity index (χ4n) is 2.14. The molecule has 1 aromatic heterocycles. The van der Waals surface area contributed by atoms with Gasteiger partial charge in [-0.1, -0.05) is 6.42 Å². The zero-order valence-corrected chi connectivity index (χ0v) is 17.1. The number of ether oxygens (including phenoxy) is 3. The molecule has 4 N–H and O–H groups in total. The Hall–Kier alpha value is -2.27. The van der Waals surface area contributed by atoms with E-state index in [4.69, 9.17) is 24.8 Å². The number of nitrogens with zero attached hydrogens (tertiary/aromatic N) is 2. The number of aromatic nitrogens is 1. The number of nitrogens with two attached hydrogens (primary N) is 1. The second-order valence-corrected chi connectivity index (χ2v) is 6.03. The lowest BCUT2D eigenvalue weighted by Gasteiger charge is -2.07. The Kier molecular flexibility index (Phi) is 15.2. The van der Waals surface area contributed by atoms with E-state index < -0.39 is 0 Å². The van der Waals surface area contributed by atoms with E-state index in [0.29, 0.717) is 58.6 Å². The van der Waals surface area contributed by atoms with E-state index in [1.165, 1.54) is 0 Å². The first-order valence-corrected chi connectivity index (χ1v) is 9.74. The highest BCUT2D eigenvalue weighted by atomic mass is 16.7. The average molecular weight is 412 g/mol. The highest BCUT2D eigenvalue weighted by Crippen LogP contribution is 2.03. The number of hydrogen-bond donors (Lipinski definition) is 3. The maximum absolute atomic E-state index is 11.7. The van der Waals surface area contributed by atoms with Gasteiger partial charge in [0, 0.05) is 38.2 Å². The minimum absolute atomic E-state index is 0.143. The lowest BCUT2D eigenvalue weighted by Crippen LogP contribution is -2.25. The van der Waals surface area contributed by atoms with Gasteiger partial charge in [0.1, 0.15) is 0 Å². The predicted molar refractivity (Wildman–Crippen MR) is 110 cm³/mol. The van der Waals surface area contributed by atoms with E-state index in [0.717, 1.165) is 24.9 Å². The van der Waals surface area contributed by atoms with Gasteiger partial charge in [-0.05, 0) is 25.0 Å². The van der Waals surface area contributed by atoms with Gasteiger partial charge in [-0.2, -0.15) is 0 Å². The van der Waals surface area contributed by atoms with Gasteiger partial charge in [-0.25, -0.2) is 5.48 Å². The Morgan fingerprint density at radius 1 is 1.03 bits per heavy atom. The first kappa shape index (κ1) is 24.8. The Balaban J connectivity index is 1.88. The zero-order chi connectivity index (χ0) is 21.0. The maximum Gasteiger partial charge on any atom is 0.243 e. The van der Waals surface area contributed by atoms with Crippen molar-refractivity contribution in [3.63, 3.8) is 0 Å². The van der Waals surface area contributed by atoms with Crippen LogP contribution in [-0.4, -0.2) is 70.1 Å². The van der Waals surface area contributed by atoms with Crippen molar-refractivity contribution in [1.29, 1.82) is 0 Å². The third-order valence-corrected chi connectivity index (χ3v) is 3.62. The number of carbonyl (C=O) groups is 1. The van der Waals surface area contributed by atoms with Crippen molar-refractivity contribution in [3.8, 4) is 0 Å². The number of hydroxylamine groups is 1. The lowest BCUT2D eigenvalue weighted by molar-refractivity contribution is -0.135. The normalized spacial score (nSPS) is 11.4. The van der Waals surface area contributed by atoms with Crippen LogP contribution in [0.3, 0.4) is 0 Å². The SMILES string of the molecule is COCCOCCOCCONC(=O)CCCCCN=C(N)Nc1ccncc1. The summed E-state index contributed by atoms with van der Waals surface area (Å²) < 4.78 is 15.4. The van der Waals surface area contributed by atoms with Crippen LogP contribution in [0.1, 0.15) is 25.7 Å². The number of aliphatic imine (C=N–C) groups is 1. The summed E-state index contributed by atoms with van der Waals surface area (Å²) in [6.07, 6.45) is 6.26. The van der Waals surface area contributed by atoms with Crippen molar-refractivity contribution in [2.75, 3.05) is 58.6 Å². The number of rotatable bonds is 17. The van der Waals surface area contributed by atoms with E-state index in [9.17, 15) is 4.79 Å². The van der Waals surface area contributed by atoms with Gasteiger partial charge in [0.25, 0.3) is 0 Å². The predicted octanol–water partition coefficient (Wildman–Crippen LogP) is 1.10. The molecule has 1 amide bonds. The molecule has 164 valence electrons. The summed E-state index contributed by atoms with van der Waals surface area (Å²) in [4.78, 5) is 24.9. The number of carbonyl (C=O) groups excluding carboxylic acids is 1. The smallest absolute Gasteiger partial charge is 0.243 e. The summed E-state index contributed by atoms with van der Waals surface area (Å²) >= 11 is 0. The topological polar surface area (TPSA) is 129 Å². The second-order valence-electron chi connectivity index (χ2n) is 6.03. The van der Waals surface area contributed by atoms with E-state index in [1.807, 2.05) is 12.1 Å². The molecule has 0 aliphatic carbocycles. The van der Waals surface area contributed by atoms with E-state index >= 15 is 0 Å². The number of methoxy groups -OCH3 is 1. The molecule has 10 nitrogen and oxygen atoms in total. The third kappa shape index (κ3) is 15.3. The molecule has 0 spiro atoms. The number of pyridine rings is 1. The van der Waals surface area contributed by atoms with Crippen LogP contribution < -0.4 is 16.5 Å². The molecule has 0 aliphatic rings. The molecule has 1 heterocycles. The highest BCUT2D eigenvalue weighted by Gasteiger charge is 2.01. The molecule has 0 saturated carbocycles. The minimum Gasteiger partial charge on any atom is -0.382 e. The number of unbranched alkanes of at least 4 members (excludes halogenated alkanes) is 2. The lowest BCUT2D eigenvalue weighted by atomic mass is 10.2. The van der Waals surface area contributed by atoms with Gasteiger partial charge in [0.15, 0.2) is 5.96 Å². The van der Waals surface area contributed by atoms with Gasteiger partial charge in [-0.15, -0.1) is 0 Å². The third-order valence-electron chi connectivity index (χ3n) is 3.62. The van der Waals surface area contributed by atoms with E-state index in [-0.39, 0.29) is 5.91 Å². The van der Waals surface area contributed by atoms with Crippen LogP contribution in [0.5, 0.6) is 0 Å². The molecular weight excluding hydrogens is 378 g/mol. The monoisotopic (exact) mass is 411 g/mol. The van der Waals surface area contributed by atoms with Gasteiger partial charge < -0.3 is 25.3 Å². The molecule has 0 radical (unpaired) electrons. The van der Waals surface area contributed by atoms with Crippen LogP contribution in [0.25, 0.3) is 0 Å². The van der Waals surface area contributed by atoms with Gasteiger partial charge in [0.05, 0.1) is 39.6 Å². The van der Waals surface area contributed by atoms with E-state index in [2.05, 4.69) is 20.8 Å². The zero-order valence-electron chi connectivity index (χ0n) is 17.1. The van der Waals surface area contributed by atoms with Gasteiger partial charge in [-0.3, -0.25) is 19.6 Å². The number of hydrogen-bond acceptors (Lipinski definition) is 7. The summed E-state index contributed by atoms with van der Waals surface area (Å²) in [7, 11) is 1.63. The standard InChI is InChI=1S/C19H33N5O5/c1-26-11-12-27-13-14-28-15-16-29-24-18(25)5-3-2-4-8-22-19(20)23-17-6-9-21-10-7-17/h6-7,9-10H,2-5,8,11-16H2,1H3,(H,24,25)(H3,20,21,22,23). The second kappa shape index (κ2) is 17.8. The molecule has 0 aromatic carbocycles. The average Bonchev–Trinajstić information content (AvgIpc) is 2.72. The van der Waals surface area contributed by atoms with Crippen molar-refractivity contribution in [3.05, 3.63) is 24.5 Å². The number of amides is 1. The molecule has 0 bridgehead atoms. The van der Waals surface area contributed by atoms with Crippen LogP contribution in [-0.2, 0) is 23.8 Å². The Morgan fingerprint density at radius 2 is 1.72 bits per heavy atom. The van der Waals surface area contributed by atoms with Gasteiger partial charge >= 0.3 is 0 Å². The van der Waals surface area contributed by atoms with Crippen LogP contribution in [0.15, 0.2) is 29.5 Å². The summed E-state index contributed by atoms with van der Waals surface area (Å²) in [5, 5.41) is 2.99. The molecule has 1 aromatic rings. The van der Waals surface area contributed by atoms with Crippen LogP contribution in [0.4, 0.5) is 5.69 Å². The van der Waals surface area contributed by atoms with Gasteiger partial charge in [0.2, 0.25) is 5.91 Å². The van der Waals surface area contributed by atoms with Crippen molar-refractivity contribution < 1.29 is 23.8 Å². The summed E-state index contributed by atoms with van der Waals surface area (Å²) in [6.45, 7) is 3.39. The Morgan fingerprint density at radius 3 is 2.45 bits per heavy atom. The summed E-state index contributed by atoms with van der Waals surface area (Å²) in [5.74, 6) is 0.223. The largest absolute Gasteiger partial charge is 0.382 e. The first-order valence-electron chi connectivity index (χ1n) is 9.74. The molecule has 29 heavy (non-hydrogen) atoms. The molecule has 0 unspecified atom stereocenters. The van der Waals surface area contributed by atoms with Crippen LogP contribution in [0.2, 0.25) is 0 Å². The quantitative estimate of drug-likeness (QED) is 0.150. The Labute approximate surface area is 172 Å². The van der Waals surface area contributed by atoms with Crippen LogP contribution >= 0.6 is 0 Å². The van der Waals surface area contributed by atoms with E-state index in [1.54, 1.807) is 19.5 Å². The van der Waals surface area contributed by atoms with Crippen molar-refractivity contribution in [1.82, 2.24) is 10.5 Å². The first-order chi connectivity index (χ1) is 14.2. The highest BCUT2D eigenvalue weighted by molar-refractivity contribution is 5.92. The molecule has 0 atom stereocenters. The molecule has 0 aliphatic heterocycles. The molecular formula is C19H33N5O5. The van der Waals surface area contributed by atoms with Crippen molar-refractivity contribution in [2.24, 2.45) is 10.7 Å². The van der Waals surface area contributed by atoms with Crippen LogP contribution in [0, 0.1) is 0 Å². The summed E-state index contributed by atoms with van der Waals surface area (Å²) in [6, 6.07) is 3.63. The molecule has 1 rings (SSSR count).